The number of nitrogens with one attached hydrogen (secondary N) is 1. The van der Waals surface area contributed by atoms with Gasteiger partial charge < -0.3 is 14.8 Å². The van der Waals surface area contributed by atoms with E-state index in [-0.39, 0.29) is 11.5 Å². The van der Waals surface area contributed by atoms with Crippen LogP contribution in [0.3, 0.4) is 0 Å². The van der Waals surface area contributed by atoms with Crippen LogP contribution in [-0.2, 0) is 14.3 Å². The highest BCUT2D eigenvalue weighted by Gasteiger charge is 2.18. The molecular weight excluding hydrogens is 353 g/mol. The van der Waals surface area contributed by atoms with Crippen molar-refractivity contribution < 1.29 is 28.2 Å². The van der Waals surface area contributed by atoms with E-state index in [0.29, 0.717) is 16.9 Å². The number of rotatable bonds is 7. The molecule has 0 unspecified atom stereocenters. The van der Waals surface area contributed by atoms with Gasteiger partial charge in [0.25, 0.3) is 5.91 Å². The summed E-state index contributed by atoms with van der Waals surface area (Å²) in [6.07, 6.45) is -1.08. The molecule has 142 valence electrons. The number of benzene rings is 2. The van der Waals surface area contributed by atoms with Crippen molar-refractivity contribution in [3.8, 4) is 5.75 Å². The predicted molar refractivity (Wildman–Crippen MR) is 97.3 cm³/mol. The average molecular weight is 373 g/mol. The van der Waals surface area contributed by atoms with Gasteiger partial charge in [0.05, 0.1) is 0 Å². The van der Waals surface area contributed by atoms with Crippen LogP contribution in [0.1, 0.15) is 29.8 Å². The number of hydrogen-bond donors (Lipinski definition) is 1. The first-order chi connectivity index (χ1) is 12.8. The normalized spacial score (nSPS) is 11.4. The molecule has 2 aromatic carbocycles. The Morgan fingerprint density at radius 1 is 1.11 bits per heavy atom. The van der Waals surface area contributed by atoms with E-state index in [1.54, 1.807) is 37.3 Å². The summed E-state index contributed by atoms with van der Waals surface area (Å²) < 4.78 is 23.8. The standard InChI is InChI=1S/C20H20FNO5/c1-12-4-7-16(10-18(12)21)22-20(25)14(3)27-19(24)11-26-17-8-5-15(6-9-17)13(2)23/h4-10,14H,11H2,1-3H3,(H,22,25)/t14-/m1/s1. The number of anilines is 1. The minimum atomic E-state index is -1.08. The monoisotopic (exact) mass is 373 g/mol. The van der Waals surface area contributed by atoms with Gasteiger partial charge in [-0.25, -0.2) is 9.18 Å². The van der Waals surface area contributed by atoms with Crippen LogP contribution in [0.5, 0.6) is 5.75 Å². The van der Waals surface area contributed by atoms with E-state index in [2.05, 4.69) is 5.32 Å². The topological polar surface area (TPSA) is 81.7 Å². The molecule has 1 amide bonds. The Morgan fingerprint density at radius 2 is 1.78 bits per heavy atom. The second kappa shape index (κ2) is 8.93. The van der Waals surface area contributed by atoms with Gasteiger partial charge in [0.2, 0.25) is 0 Å². The number of carbonyl (C=O) groups excluding carboxylic acids is 3. The molecule has 2 rings (SSSR count). The molecule has 0 saturated carbocycles. The van der Waals surface area contributed by atoms with Crippen molar-refractivity contribution in [2.24, 2.45) is 0 Å². The molecule has 0 saturated heterocycles. The van der Waals surface area contributed by atoms with Gasteiger partial charge in [-0.05, 0) is 62.7 Å². The van der Waals surface area contributed by atoms with Crippen molar-refractivity contribution in [3.05, 3.63) is 59.4 Å². The van der Waals surface area contributed by atoms with Crippen molar-refractivity contribution in [3.63, 3.8) is 0 Å². The third-order valence-corrected chi connectivity index (χ3v) is 3.73. The molecule has 0 spiro atoms. The number of ether oxygens (including phenoxy) is 2. The molecule has 0 aliphatic heterocycles. The van der Waals surface area contributed by atoms with Crippen LogP contribution in [0.25, 0.3) is 0 Å². The van der Waals surface area contributed by atoms with Gasteiger partial charge in [-0.1, -0.05) is 6.07 Å². The third kappa shape index (κ3) is 5.91. The number of ketones is 1. The van der Waals surface area contributed by atoms with E-state index >= 15 is 0 Å². The Kier molecular flexibility index (Phi) is 6.65. The van der Waals surface area contributed by atoms with Gasteiger partial charge in [-0.2, -0.15) is 0 Å². The van der Waals surface area contributed by atoms with Crippen molar-refractivity contribution in [2.75, 3.05) is 11.9 Å². The van der Waals surface area contributed by atoms with Crippen LogP contribution in [-0.4, -0.2) is 30.4 Å². The van der Waals surface area contributed by atoms with E-state index < -0.39 is 30.4 Å². The van der Waals surface area contributed by atoms with Crippen molar-refractivity contribution in [1.82, 2.24) is 0 Å². The predicted octanol–water partition coefficient (Wildman–Crippen LogP) is 3.29. The number of halogens is 1. The Labute approximate surface area is 156 Å². The maximum absolute atomic E-state index is 13.5. The quantitative estimate of drug-likeness (QED) is 0.595. The molecular formula is C20H20FNO5. The molecule has 0 aromatic heterocycles. The molecule has 7 heteroatoms. The number of hydrogen-bond acceptors (Lipinski definition) is 5. The van der Waals surface area contributed by atoms with E-state index in [9.17, 15) is 18.8 Å². The largest absolute Gasteiger partial charge is 0.482 e. The summed E-state index contributed by atoms with van der Waals surface area (Å²) in [5, 5.41) is 2.48. The molecule has 0 aliphatic rings. The summed E-state index contributed by atoms with van der Waals surface area (Å²) in [5.41, 5.74) is 1.26. The summed E-state index contributed by atoms with van der Waals surface area (Å²) in [5.74, 6) is -1.44. The average Bonchev–Trinajstić information content (AvgIpc) is 2.63. The lowest BCUT2D eigenvalue weighted by Crippen LogP contribution is -2.31. The molecule has 2 aromatic rings. The highest BCUT2D eigenvalue weighted by molar-refractivity contribution is 5.95. The fraction of sp³-hybridized carbons (Fsp3) is 0.250. The van der Waals surface area contributed by atoms with Crippen molar-refractivity contribution in [2.45, 2.75) is 26.9 Å². The first-order valence-electron chi connectivity index (χ1n) is 8.26. The van der Waals surface area contributed by atoms with Crippen LogP contribution < -0.4 is 10.1 Å². The molecule has 6 nitrogen and oxygen atoms in total. The Bertz CT molecular complexity index is 848. The number of esters is 1. The minimum absolute atomic E-state index is 0.0748. The molecule has 1 atom stereocenters. The number of carbonyl (C=O) groups is 3. The molecule has 27 heavy (non-hydrogen) atoms. The molecule has 0 bridgehead atoms. The van der Waals surface area contributed by atoms with Crippen molar-refractivity contribution in [1.29, 1.82) is 0 Å². The lowest BCUT2D eigenvalue weighted by atomic mass is 10.1. The first kappa shape index (κ1) is 20.1. The smallest absolute Gasteiger partial charge is 0.344 e. The van der Waals surface area contributed by atoms with Crippen LogP contribution in [0, 0.1) is 12.7 Å². The number of Topliss-reactive ketones (excluding diaryl/α,β-unsaturated/α-hetero) is 1. The van der Waals surface area contributed by atoms with Gasteiger partial charge in [0.15, 0.2) is 18.5 Å². The summed E-state index contributed by atoms with van der Waals surface area (Å²) in [6, 6.07) is 10.6. The lowest BCUT2D eigenvalue weighted by molar-refractivity contribution is -0.155. The molecule has 1 N–H and O–H groups in total. The van der Waals surface area contributed by atoms with Crippen LogP contribution >= 0.6 is 0 Å². The highest BCUT2D eigenvalue weighted by Crippen LogP contribution is 2.15. The Morgan fingerprint density at radius 3 is 2.37 bits per heavy atom. The fourth-order valence-electron chi connectivity index (χ4n) is 2.13. The van der Waals surface area contributed by atoms with Crippen LogP contribution in [0.2, 0.25) is 0 Å². The van der Waals surface area contributed by atoms with Gasteiger partial charge >= 0.3 is 5.97 Å². The Balaban J connectivity index is 1.82. The fourth-order valence-corrected chi connectivity index (χ4v) is 2.13. The summed E-state index contributed by atoms with van der Waals surface area (Å²) in [4.78, 5) is 35.1. The molecule has 0 aliphatic carbocycles. The van der Waals surface area contributed by atoms with E-state index in [0.717, 1.165) is 0 Å². The maximum Gasteiger partial charge on any atom is 0.344 e. The van der Waals surface area contributed by atoms with Crippen LogP contribution in [0.15, 0.2) is 42.5 Å². The summed E-state index contributed by atoms with van der Waals surface area (Å²) >= 11 is 0. The highest BCUT2D eigenvalue weighted by atomic mass is 19.1. The maximum atomic E-state index is 13.5. The third-order valence-electron chi connectivity index (χ3n) is 3.73. The summed E-state index contributed by atoms with van der Waals surface area (Å²) in [7, 11) is 0. The molecule has 0 heterocycles. The zero-order valence-corrected chi connectivity index (χ0v) is 15.2. The molecule has 0 fully saturated rings. The SMILES string of the molecule is CC(=O)c1ccc(OCC(=O)O[C@H](C)C(=O)Nc2ccc(C)c(F)c2)cc1. The van der Waals surface area contributed by atoms with E-state index in [4.69, 9.17) is 9.47 Å². The van der Waals surface area contributed by atoms with Crippen LogP contribution in [0.4, 0.5) is 10.1 Å². The minimum Gasteiger partial charge on any atom is -0.482 e. The van der Waals surface area contributed by atoms with Gasteiger partial charge in [0.1, 0.15) is 11.6 Å². The van der Waals surface area contributed by atoms with Crippen molar-refractivity contribution >= 4 is 23.3 Å². The van der Waals surface area contributed by atoms with Gasteiger partial charge in [-0.15, -0.1) is 0 Å². The van der Waals surface area contributed by atoms with Gasteiger partial charge in [0, 0.05) is 11.3 Å². The second-order valence-electron chi connectivity index (χ2n) is 5.95. The van der Waals surface area contributed by atoms with E-state index in [1.165, 1.54) is 26.0 Å². The number of amides is 1. The molecule has 0 radical (unpaired) electrons. The lowest BCUT2D eigenvalue weighted by Gasteiger charge is -2.14. The second-order valence-corrected chi connectivity index (χ2v) is 5.95. The zero-order valence-electron chi connectivity index (χ0n) is 15.2. The Hall–Kier alpha value is -3.22. The van der Waals surface area contributed by atoms with Gasteiger partial charge in [-0.3, -0.25) is 9.59 Å². The first-order valence-corrected chi connectivity index (χ1v) is 8.26. The van der Waals surface area contributed by atoms with E-state index in [1.807, 2.05) is 0 Å². The number of aryl methyl sites for hydroxylation is 1. The summed E-state index contributed by atoms with van der Waals surface area (Å²) in [6.45, 7) is 4.07. The zero-order chi connectivity index (χ0) is 20.0.